The molecule has 5 heteroatoms. The van der Waals surface area contributed by atoms with Gasteiger partial charge in [-0.05, 0) is 40.5 Å². The van der Waals surface area contributed by atoms with Crippen molar-refractivity contribution in [2.45, 2.75) is 6.92 Å². The molecule has 2 aromatic rings. The van der Waals surface area contributed by atoms with Gasteiger partial charge in [0, 0.05) is 11.1 Å². The Balaban J connectivity index is 2.30. The number of nitrogens with zero attached hydrogens (tertiary/aromatic N) is 2. The molecule has 0 aliphatic heterocycles. The van der Waals surface area contributed by atoms with Gasteiger partial charge in [0.15, 0.2) is 0 Å². The Bertz CT molecular complexity index is 519. The molecule has 0 saturated heterocycles. The molecule has 0 bridgehead atoms. The van der Waals surface area contributed by atoms with Gasteiger partial charge < -0.3 is 4.74 Å². The summed E-state index contributed by atoms with van der Waals surface area (Å²) in [7, 11) is 0. The van der Waals surface area contributed by atoms with Gasteiger partial charge in [0.05, 0.1) is 0 Å². The van der Waals surface area contributed by atoms with E-state index in [1.165, 1.54) is 6.33 Å². The summed E-state index contributed by atoms with van der Waals surface area (Å²) in [5, 5.41) is 0.633. The highest BCUT2D eigenvalue weighted by Gasteiger charge is 2.04. The van der Waals surface area contributed by atoms with E-state index >= 15 is 0 Å². The molecule has 0 radical (unpaired) electrons. The van der Waals surface area contributed by atoms with Crippen molar-refractivity contribution in [2.75, 3.05) is 0 Å². The first kappa shape index (κ1) is 11.4. The number of hydrogen-bond acceptors (Lipinski definition) is 3. The van der Waals surface area contributed by atoms with Gasteiger partial charge in [-0.2, -0.15) is 0 Å². The smallest absolute Gasteiger partial charge is 0.223 e. The molecule has 0 atom stereocenters. The summed E-state index contributed by atoms with van der Waals surface area (Å²) in [6.45, 7) is 1.95. The second-order valence-electron chi connectivity index (χ2n) is 3.19. The van der Waals surface area contributed by atoms with Crippen LogP contribution in [0.3, 0.4) is 0 Å². The zero-order valence-electron chi connectivity index (χ0n) is 8.45. The fourth-order valence-corrected chi connectivity index (χ4v) is 1.62. The second-order valence-corrected chi connectivity index (χ2v) is 4.44. The maximum atomic E-state index is 5.89. The molecular formula is C11H8BrClN2O. The van der Waals surface area contributed by atoms with Crippen LogP contribution in [0.2, 0.25) is 5.02 Å². The van der Waals surface area contributed by atoms with Crippen LogP contribution in [0.5, 0.6) is 11.6 Å². The molecule has 0 aliphatic carbocycles. The first-order chi connectivity index (χ1) is 7.65. The Kier molecular flexibility index (Phi) is 3.41. The number of halogens is 2. The van der Waals surface area contributed by atoms with Gasteiger partial charge in [0.1, 0.15) is 16.7 Å². The fourth-order valence-electron chi connectivity index (χ4n) is 1.17. The molecule has 0 saturated carbocycles. The average molecular weight is 300 g/mol. The zero-order chi connectivity index (χ0) is 11.5. The van der Waals surface area contributed by atoms with E-state index in [1.807, 2.05) is 19.1 Å². The van der Waals surface area contributed by atoms with Gasteiger partial charge in [-0.1, -0.05) is 17.7 Å². The minimum atomic E-state index is 0.479. The molecule has 2 rings (SSSR count). The van der Waals surface area contributed by atoms with Gasteiger partial charge in [-0.3, -0.25) is 0 Å². The van der Waals surface area contributed by atoms with E-state index in [-0.39, 0.29) is 0 Å². The van der Waals surface area contributed by atoms with Crippen LogP contribution in [0.1, 0.15) is 5.56 Å². The molecule has 82 valence electrons. The SMILES string of the molecule is Cc1ccc(Cl)cc1Oc1cc(Br)ncn1. The van der Waals surface area contributed by atoms with Crippen molar-refractivity contribution >= 4 is 27.5 Å². The van der Waals surface area contributed by atoms with Crippen LogP contribution in [-0.2, 0) is 0 Å². The van der Waals surface area contributed by atoms with Gasteiger partial charge in [0.2, 0.25) is 5.88 Å². The standard InChI is InChI=1S/C11H8BrClN2O/c1-7-2-3-8(13)4-9(7)16-11-5-10(12)14-6-15-11/h2-6H,1H3. The first-order valence-corrected chi connectivity index (χ1v) is 5.74. The normalized spacial score (nSPS) is 10.2. The molecule has 1 aromatic heterocycles. The highest BCUT2D eigenvalue weighted by atomic mass is 79.9. The lowest BCUT2D eigenvalue weighted by molar-refractivity contribution is 0.457. The van der Waals surface area contributed by atoms with Crippen LogP contribution in [0.4, 0.5) is 0 Å². The van der Waals surface area contributed by atoms with Gasteiger partial charge in [-0.25, -0.2) is 9.97 Å². The zero-order valence-corrected chi connectivity index (χ0v) is 10.8. The molecule has 1 aromatic carbocycles. The van der Waals surface area contributed by atoms with Crippen molar-refractivity contribution in [3.05, 3.63) is 45.8 Å². The summed E-state index contributed by atoms with van der Waals surface area (Å²) in [6, 6.07) is 7.17. The van der Waals surface area contributed by atoms with E-state index in [2.05, 4.69) is 25.9 Å². The maximum absolute atomic E-state index is 5.89. The van der Waals surface area contributed by atoms with Gasteiger partial charge in [0.25, 0.3) is 0 Å². The number of aromatic nitrogens is 2. The highest BCUT2D eigenvalue weighted by molar-refractivity contribution is 9.10. The minimum absolute atomic E-state index is 0.479. The van der Waals surface area contributed by atoms with Crippen LogP contribution < -0.4 is 4.74 Å². The summed E-state index contributed by atoms with van der Waals surface area (Å²) < 4.78 is 6.28. The Labute approximate surface area is 107 Å². The topological polar surface area (TPSA) is 35.0 Å². The van der Waals surface area contributed by atoms with E-state index in [9.17, 15) is 0 Å². The van der Waals surface area contributed by atoms with E-state index < -0.39 is 0 Å². The van der Waals surface area contributed by atoms with Crippen LogP contribution in [0.25, 0.3) is 0 Å². The monoisotopic (exact) mass is 298 g/mol. The number of ether oxygens (including phenoxy) is 1. The quantitative estimate of drug-likeness (QED) is 0.786. The number of hydrogen-bond donors (Lipinski definition) is 0. The third-order valence-electron chi connectivity index (χ3n) is 1.97. The maximum Gasteiger partial charge on any atom is 0.223 e. The molecule has 0 amide bonds. The molecule has 1 heterocycles. The van der Waals surface area contributed by atoms with Crippen molar-refractivity contribution < 1.29 is 4.74 Å². The van der Waals surface area contributed by atoms with Crippen LogP contribution >= 0.6 is 27.5 Å². The number of benzene rings is 1. The Morgan fingerprint density at radius 1 is 1.25 bits per heavy atom. The summed E-state index contributed by atoms with van der Waals surface area (Å²) in [4.78, 5) is 7.92. The summed E-state index contributed by atoms with van der Waals surface area (Å²) >= 11 is 9.14. The molecule has 0 N–H and O–H groups in total. The van der Waals surface area contributed by atoms with Gasteiger partial charge in [-0.15, -0.1) is 0 Å². The van der Waals surface area contributed by atoms with Crippen LogP contribution in [0.15, 0.2) is 35.2 Å². The number of rotatable bonds is 2. The minimum Gasteiger partial charge on any atom is -0.439 e. The average Bonchev–Trinajstić information content (AvgIpc) is 2.24. The Morgan fingerprint density at radius 2 is 2.06 bits per heavy atom. The molecule has 16 heavy (non-hydrogen) atoms. The lowest BCUT2D eigenvalue weighted by atomic mass is 10.2. The van der Waals surface area contributed by atoms with E-state index in [0.29, 0.717) is 21.3 Å². The van der Waals surface area contributed by atoms with E-state index in [4.69, 9.17) is 16.3 Å². The van der Waals surface area contributed by atoms with E-state index in [1.54, 1.807) is 12.1 Å². The first-order valence-electron chi connectivity index (χ1n) is 4.57. The fraction of sp³-hybridized carbons (Fsp3) is 0.0909. The van der Waals surface area contributed by atoms with Crippen LogP contribution in [-0.4, -0.2) is 9.97 Å². The van der Waals surface area contributed by atoms with E-state index in [0.717, 1.165) is 5.56 Å². The predicted octanol–water partition coefficient (Wildman–Crippen LogP) is 3.99. The Hall–Kier alpha value is -1.13. The lowest BCUT2D eigenvalue weighted by Gasteiger charge is -2.07. The van der Waals surface area contributed by atoms with Crippen molar-refractivity contribution in [1.29, 1.82) is 0 Å². The lowest BCUT2D eigenvalue weighted by Crippen LogP contribution is -1.91. The third kappa shape index (κ3) is 2.71. The molecule has 0 aliphatic rings. The second kappa shape index (κ2) is 4.80. The van der Waals surface area contributed by atoms with Crippen molar-refractivity contribution in [3.63, 3.8) is 0 Å². The highest BCUT2D eigenvalue weighted by Crippen LogP contribution is 2.27. The largest absolute Gasteiger partial charge is 0.439 e. The molecule has 3 nitrogen and oxygen atoms in total. The molecule has 0 unspecified atom stereocenters. The summed E-state index contributed by atoms with van der Waals surface area (Å²) in [5.41, 5.74) is 0.999. The van der Waals surface area contributed by atoms with Crippen molar-refractivity contribution in [3.8, 4) is 11.6 Å². The van der Waals surface area contributed by atoms with Crippen molar-refractivity contribution in [2.24, 2.45) is 0 Å². The third-order valence-corrected chi connectivity index (χ3v) is 2.64. The number of aryl methyl sites for hydroxylation is 1. The van der Waals surface area contributed by atoms with Gasteiger partial charge >= 0.3 is 0 Å². The van der Waals surface area contributed by atoms with Crippen molar-refractivity contribution in [1.82, 2.24) is 9.97 Å². The van der Waals surface area contributed by atoms with Crippen LogP contribution in [0, 0.1) is 6.92 Å². The summed E-state index contributed by atoms with van der Waals surface area (Å²) in [5.74, 6) is 1.17. The Morgan fingerprint density at radius 3 is 2.81 bits per heavy atom. The predicted molar refractivity (Wildman–Crippen MR) is 66.0 cm³/mol. The molecule has 0 fully saturated rings. The molecule has 0 spiro atoms. The molecular weight excluding hydrogens is 291 g/mol. The summed E-state index contributed by atoms with van der Waals surface area (Å²) in [6.07, 6.45) is 1.43.